The molecule has 0 aliphatic heterocycles. The zero-order chi connectivity index (χ0) is 9.23. The third-order valence-electron chi connectivity index (χ3n) is 1.95. The molecule has 1 atom stereocenters. The van der Waals surface area contributed by atoms with Crippen molar-refractivity contribution < 1.29 is 0 Å². The van der Waals surface area contributed by atoms with E-state index in [1.807, 2.05) is 0 Å². The minimum absolute atomic E-state index is 0.535. The first-order valence-corrected chi connectivity index (χ1v) is 5.67. The molecular formula is C10H23NS. The summed E-state index contributed by atoms with van der Waals surface area (Å²) in [5.41, 5.74) is 0. The van der Waals surface area contributed by atoms with Gasteiger partial charge in [-0.2, -0.15) is 12.6 Å². The lowest BCUT2D eigenvalue weighted by Crippen LogP contribution is -2.18. The predicted molar refractivity (Wildman–Crippen MR) is 60.1 cm³/mol. The van der Waals surface area contributed by atoms with Crippen LogP contribution in [0.15, 0.2) is 0 Å². The van der Waals surface area contributed by atoms with Crippen molar-refractivity contribution in [3.63, 3.8) is 0 Å². The first-order chi connectivity index (χ1) is 5.77. The van der Waals surface area contributed by atoms with E-state index in [1.54, 1.807) is 0 Å². The van der Waals surface area contributed by atoms with Crippen LogP contribution in [0.1, 0.15) is 46.0 Å². The van der Waals surface area contributed by atoms with Crippen molar-refractivity contribution >= 4 is 12.6 Å². The number of hydrogen-bond donors (Lipinski definition) is 2. The number of unbranched alkanes of at least 4 members (excludes halogenated alkanes) is 3. The second-order valence-corrected chi connectivity index (χ2v) is 4.33. The summed E-state index contributed by atoms with van der Waals surface area (Å²) in [6, 6.07) is 0. The lowest BCUT2D eigenvalue weighted by molar-refractivity contribution is 0.585. The molecule has 0 saturated heterocycles. The molecule has 0 saturated carbocycles. The number of rotatable bonds is 8. The Kier molecular flexibility index (Phi) is 9.64. The van der Waals surface area contributed by atoms with E-state index in [0.29, 0.717) is 5.25 Å². The third-order valence-corrected chi connectivity index (χ3v) is 2.20. The largest absolute Gasteiger partial charge is 0.317 e. The molecule has 0 fully saturated rings. The van der Waals surface area contributed by atoms with Crippen molar-refractivity contribution in [3.05, 3.63) is 0 Å². The monoisotopic (exact) mass is 189 g/mol. The van der Waals surface area contributed by atoms with Crippen molar-refractivity contribution in [3.8, 4) is 0 Å². The van der Waals surface area contributed by atoms with E-state index in [-0.39, 0.29) is 0 Å². The van der Waals surface area contributed by atoms with Gasteiger partial charge >= 0.3 is 0 Å². The van der Waals surface area contributed by atoms with Gasteiger partial charge in [0.25, 0.3) is 0 Å². The van der Waals surface area contributed by atoms with Crippen LogP contribution in [0.5, 0.6) is 0 Å². The molecule has 1 unspecified atom stereocenters. The summed E-state index contributed by atoms with van der Waals surface area (Å²) in [4.78, 5) is 0. The Morgan fingerprint density at radius 1 is 1.17 bits per heavy atom. The van der Waals surface area contributed by atoms with E-state index in [1.165, 1.54) is 38.6 Å². The standard InChI is InChI=1S/C10H23NS/c1-3-4-5-6-8-11-9-7-10(2)12/h10-12H,3-9H2,1-2H3. The summed E-state index contributed by atoms with van der Waals surface area (Å²) in [6.07, 6.45) is 6.59. The van der Waals surface area contributed by atoms with Gasteiger partial charge in [-0.1, -0.05) is 33.1 Å². The molecule has 0 aliphatic carbocycles. The maximum absolute atomic E-state index is 4.32. The number of nitrogens with one attached hydrogen (secondary N) is 1. The molecule has 0 amide bonds. The van der Waals surface area contributed by atoms with E-state index in [2.05, 4.69) is 31.8 Å². The van der Waals surface area contributed by atoms with E-state index < -0.39 is 0 Å². The van der Waals surface area contributed by atoms with Crippen LogP contribution in [0.3, 0.4) is 0 Å². The van der Waals surface area contributed by atoms with E-state index in [0.717, 1.165) is 6.54 Å². The second-order valence-electron chi connectivity index (χ2n) is 3.45. The van der Waals surface area contributed by atoms with Gasteiger partial charge in [-0.25, -0.2) is 0 Å². The molecule has 0 aromatic carbocycles. The lowest BCUT2D eigenvalue weighted by Gasteiger charge is -2.05. The number of thiol groups is 1. The van der Waals surface area contributed by atoms with Gasteiger partial charge in [-0.15, -0.1) is 0 Å². The predicted octanol–water partition coefficient (Wildman–Crippen LogP) is 2.86. The Labute approximate surface area is 82.7 Å². The van der Waals surface area contributed by atoms with Crippen LogP contribution < -0.4 is 5.32 Å². The molecule has 0 aromatic heterocycles. The topological polar surface area (TPSA) is 12.0 Å². The van der Waals surface area contributed by atoms with Gasteiger partial charge in [0.2, 0.25) is 0 Å². The quantitative estimate of drug-likeness (QED) is 0.442. The van der Waals surface area contributed by atoms with Crippen molar-refractivity contribution in [1.82, 2.24) is 5.32 Å². The van der Waals surface area contributed by atoms with Crippen LogP contribution in [0.4, 0.5) is 0 Å². The van der Waals surface area contributed by atoms with Crippen LogP contribution >= 0.6 is 12.6 Å². The average Bonchev–Trinajstić information content (AvgIpc) is 2.02. The molecule has 0 aliphatic rings. The van der Waals surface area contributed by atoms with Crippen LogP contribution in [-0.4, -0.2) is 18.3 Å². The fraction of sp³-hybridized carbons (Fsp3) is 1.00. The van der Waals surface area contributed by atoms with E-state index >= 15 is 0 Å². The van der Waals surface area contributed by atoms with Crippen LogP contribution in [0, 0.1) is 0 Å². The molecule has 12 heavy (non-hydrogen) atoms. The summed E-state index contributed by atoms with van der Waals surface area (Å²) < 4.78 is 0. The van der Waals surface area contributed by atoms with E-state index in [4.69, 9.17) is 0 Å². The molecule has 0 bridgehead atoms. The summed E-state index contributed by atoms with van der Waals surface area (Å²) >= 11 is 4.32. The third kappa shape index (κ3) is 10.3. The minimum Gasteiger partial charge on any atom is -0.317 e. The molecule has 0 heterocycles. The van der Waals surface area contributed by atoms with Gasteiger partial charge in [-0.3, -0.25) is 0 Å². The van der Waals surface area contributed by atoms with Gasteiger partial charge in [-0.05, 0) is 25.9 Å². The smallest absolute Gasteiger partial charge is 0.0000480 e. The Balaban J connectivity index is 2.82. The molecule has 0 radical (unpaired) electrons. The Morgan fingerprint density at radius 3 is 2.50 bits per heavy atom. The van der Waals surface area contributed by atoms with Gasteiger partial charge in [0.1, 0.15) is 0 Å². The normalized spacial score (nSPS) is 13.2. The summed E-state index contributed by atoms with van der Waals surface area (Å²) in [6.45, 7) is 6.69. The highest BCUT2D eigenvalue weighted by Gasteiger charge is 1.93. The fourth-order valence-electron chi connectivity index (χ4n) is 1.11. The SMILES string of the molecule is CCCCCCNCCC(C)S. The summed E-state index contributed by atoms with van der Waals surface area (Å²) in [7, 11) is 0. The van der Waals surface area contributed by atoms with Gasteiger partial charge in [0.15, 0.2) is 0 Å². The zero-order valence-corrected chi connectivity index (χ0v) is 9.37. The van der Waals surface area contributed by atoms with Gasteiger partial charge < -0.3 is 5.32 Å². The number of hydrogen-bond acceptors (Lipinski definition) is 2. The Bertz CT molecular complexity index is 83.9. The van der Waals surface area contributed by atoms with Gasteiger partial charge in [0, 0.05) is 5.25 Å². The molecule has 0 rings (SSSR count). The Hall–Kier alpha value is 0.310. The average molecular weight is 189 g/mol. The summed E-state index contributed by atoms with van der Waals surface area (Å²) in [5.74, 6) is 0. The minimum atomic E-state index is 0.535. The van der Waals surface area contributed by atoms with Crippen molar-refractivity contribution in [2.24, 2.45) is 0 Å². The zero-order valence-electron chi connectivity index (χ0n) is 8.47. The molecule has 2 heteroatoms. The highest BCUT2D eigenvalue weighted by Crippen LogP contribution is 1.98. The molecular weight excluding hydrogens is 166 g/mol. The van der Waals surface area contributed by atoms with Crippen molar-refractivity contribution in [2.75, 3.05) is 13.1 Å². The highest BCUT2D eigenvalue weighted by molar-refractivity contribution is 7.80. The van der Waals surface area contributed by atoms with Crippen LogP contribution in [0.2, 0.25) is 0 Å². The van der Waals surface area contributed by atoms with Gasteiger partial charge in [0.05, 0.1) is 0 Å². The first-order valence-electron chi connectivity index (χ1n) is 5.16. The fourth-order valence-corrected chi connectivity index (χ4v) is 1.24. The van der Waals surface area contributed by atoms with Crippen LogP contribution in [-0.2, 0) is 0 Å². The first kappa shape index (κ1) is 12.3. The maximum atomic E-state index is 4.32. The van der Waals surface area contributed by atoms with E-state index in [9.17, 15) is 0 Å². The second kappa shape index (κ2) is 9.40. The Morgan fingerprint density at radius 2 is 1.92 bits per heavy atom. The summed E-state index contributed by atoms with van der Waals surface area (Å²) in [5, 5.41) is 3.96. The lowest BCUT2D eigenvalue weighted by atomic mass is 10.2. The molecule has 0 spiro atoms. The molecule has 1 N–H and O–H groups in total. The van der Waals surface area contributed by atoms with Crippen LogP contribution in [0.25, 0.3) is 0 Å². The van der Waals surface area contributed by atoms with Crippen molar-refractivity contribution in [2.45, 2.75) is 51.2 Å². The highest BCUT2D eigenvalue weighted by atomic mass is 32.1. The maximum Gasteiger partial charge on any atom is 0.0000480 e. The van der Waals surface area contributed by atoms with Crippen molar-refractivity contribution in [1.29, 1.82) is 0 Å². The molecule has 74 valence electrons. The molecule has 1 nitrogen and oxygen atoms in total. The molecule has 0 aromatic rings.